The number of imidazole rings is 1. The van der Waals surface area contributed by atoms with E-state index in [0.29, 0.717) is 32.7 Å². The first-order valence-electron chi connectivity index (χ1n) is 10.4. The molecule has 0 saturated carbocycles. The lowest BCUT2D eigenvalue weighted by atomic mass is 10.2. The van der Waals surface area contributed by atoms with Gasteiger partial charge >= 0.3 is 6.03 Å². The summed E-state index contributed by atoms with van der Waals surface area (Å²) in [6.45, 7) is 0. The van der Waals surface area contributed by atoms with Crippen LogP contribution in [0.2, 0.25) is 10.0 Å². The highest BCUT2D eigenvalue weighted by molar-refractivity contribution is 6.36. The maximum atomic E-state index is 12.7. The Bertz CT molecular complexity index is 1370. The van der Waals surface area contributed by atoms with Gasteiger partial charge in [-0.1, -0.05) is 35.3 Å². The molecule has 0 fully saturated rings. The summed E-state index contributed by atoms with van der Waals surface area (Å²) in [7, 11) is 3.16. The third-order valence-electron chi connectivity index (χ3n) is 4.91. The molecular weight excluding hydrogens is 489 g/mol. The molecule has 4 aromatic rings. The summed E-state index contributed by atoms with van der Waals surface area (Å²) in [5, 5.41) is 10.9. The van der Waals surface area contributed by atoms with Gasteiger partial charge in [-0.05, 0) is 48.5 Å². The van der Waals surface area contributed by atoms with Crippen LogP contribution in [0.4, 0.5) is 16.4 Å². The van der Waals surface area contributed by atoms with Gasteiger partial charge in [-0.3, -0.25) is 5.32 Å². The summed E-state index contributed by atoms with van der Waals surface area (Å²) in [5.74, 6) is 1.55. The Balaban J connectivity index is 1.62. The molecule has 35 heavy (non-hydrogen) atoms. The van der Waals surface area contributed by atoms with E-state index in [4.69, 9.17) is 32.7 Å². The first-order chi connectivity index (χ1) is 16.9. The quantitative estimate of drug-likeness (QED) is 0.282. The Morgan fingerprint density at radius 1 is 0.971 bits per heavy atom. The average molecular weight is 510 g/mol. The van der Waals surface area contributed by atoms with Crippen LogP contribution in [0.25, 0.3) is 11.3 Å². The molecule has 0 aliphatic carbocycles. The van der Waals surface area contributed by atoms with Gasteiger partial charge in [0.25, 0.3) is 0 Å². The highest BCUT2D eigenvalue weighted by Crippen LogP contribution is 2.25. The highest BCUT2D eigenvalue weighted by atomic mass is 35.5. The molecule has 178 valence electrons. The smallest absolute Gasteiger partial charge is 0.326 e. The molecule has 4 rings (SSSR count). The molecule has 0 aliphatic heterocycles. The van der Waals surface area contributed by atoms with Gasteiger partial charge in [0, 0.05) is 27.9 Å². The maximum Gasteiger partial charge on any atom is 0.326 e. The van der Waals surface area contributed by atoms with Crippen molar-refractivity contribution < 1.29 is 14.3 Å². The van der Waals surface area contributed by atoms with Crippen LogP contribution in [0.5, 0.6) is 11.5 Å². The second kappa shape index (κ2) is 10.9. The molecule has 1 aromatic heterocycles. The van der Waals surface area contributed by atoms with Gasteiger partial charge in [0.05, 0.1) is 37.3 Å². The van der Waals surface area contributed by atoms with E-state index >= 15 is 0 Å². The zero-order chi connectivity index (χ0) is 24.8. The Labute approximate surface area is 212 Å². The van der Waals surface area contributed by atoms with Crippen molar-refractivity contribution in [2.45, 2.75) is 0 Å². The van der Waals surface area contributed by atoms with Crippen LogP contribution in [0.15, 0.2) is 78.0 Å². The number of carbonyl (C=O) groups excluding carboxylic acids is 1. The molecule has 2 N–H and O–H groups in total. The number of carbonyl (C=O) groups is 1. The number of nitrogens with zero attached hydrogens (tertiary/aromatic N) is 3. The first-order valence-corrected chi connectivity index (χ1v) is 11.2. The predicted molar refractivity (Wildman–Crippen MR) is 139 cm³/mol. The largest absolute Gasteiger partial charge is 0.497 e. The van der Waals surface area contributed by atoms with Crippen LogP contribution in [-0.4, -0.2) is 36.1 Å². The van der Waals surface area contributed by atoms with Crippen molar-refractivity contribution in [3.05, 3.63) is 88.5 Å². The molecule has 0 saturated heterocycles. The van der Waals surface area contributed by atoms with Crippen molar-refractivity contribution in [1.29, 1.82) is 0 Å². The normalized spacial score (nSPS) is 10.9. The fourth-order valence-corrected chi connectivity index (χ4v) is 3.60. The molecule has 3 aromatic carbocycles. The SMILES string of the molecule is COc1ccc(-c2cn(/N=C\c3ccc(Cl)cc3Cl)c(NC(=O)Nc3cccc(OC)c3)n2)cc1. The Morgan fingerprint density at radius 2 is 1.74 bits per heavy atom. The molecular formula is C25H21Cl2N5O3. The summed E-state index contributed by atoms with van der Waals surface area (Å²) in [5.41, 5.74) is 2.64. The van der Waals surface area contributed by atoms with Crippen LogP contribution >= 0.6 is 23.2 Å². The van der Waals surface area contributed by atoms with Crippen molar-refractivity contribution in [2.75, 3.05) is 24.9 Å². The number of ether oxygens (including phenoxy) is 2. The molecule has 8 nitrogen and oxygen atoms in total. The summed E-state index contributed by atoms with van der Waals surface area (Å²) >= 11 is 12.2. The maximum absolute atomic E-state index is 12.7. The van der Waals surface area contributed by atoms with Crippen LogP contribution in [-0.2, 0) is 0 Å². The average Bonchev–Trinajstić information content (AvgIpc) is 3.26. The number of nitrogens with one attached hydrogen (secondary N) is 2. The van der Waals surface area contributed by atoms with Gasteiger partial charge in [0.2, 0.25) is 5.95 Å². The fourth-order valence-electron chi connectivity index (χ4n) is 3.14. The lowest BCUT2D eigenvalue weighted by Gasteiger charge is -2.08. The summed E-state index contributed by atoms with van der Waals surface area (Å²) in [6, 6.07) is 19.0. The van der Waals surface area contributed by atoms with Crippen molar-refractivity contribution in [1.82, 2.24) is 9.66 Å². The number of benzene rings is 3. The van der Waals surface area contributed by atoms with E-state index in [2.05, 4.69) is 20.7 Å². The molecule has 0 bridgehead atoms. The van der Waals surface area contributed by atoms with E-state index in [1.165, 1.54) is 4.68 Å². The van der Waals surface area contributed by atoms with Crippen molar-refractivity contribution in [3.63, 3.8) is 0 Å². The van der Waals surface area contributed by atoms with E-state index in [1.807, 2.05) is 24.3 Å². The number of hydrogen-bond acceptors (Lipinski definition) is 5. The highest BCUT2D eigenvalue weighted by Gasteiger charge is 2.13. The number of urea groups is 1. The van der Waals surface area contributed by atoms with Gasteiger partial charge in [-0.2, -0.15) is 5.10 Å². The van der Waals surface area contributed by atoms with Gasteiger partial charge in [0.15, 0.2) is 0 Å². The summed E-state index contributed by atoms with van der Waals surface area (Å²) in [6.07, 6.45) is 3.26. The van der Waals surface area contributed by atoms with Crippen LogP contribution in [0, 0.1) is 0 Å². The van der Waals surface area contributed by atoms with E-state index in [1.54, 1.807) is 69.1 Å². The summed E-state index contributed by atoms with van der Waals surface area (Å²) < 4.78 is 11.9. The molecule has 0 spiro atoms. The molecule has 0 aliphatic rings. The van der Waals surface area contributed by atoms with E-state index < -0.39 is 6.03 Å². The van der Waals surface area contributed by atoms with Crippen molar-refractivity contribution in [2.24, 2.45) is 5.10 Å². The van der Waals surface area contributed by atoms with Crippen molar-refractivity contribution in [3.8, 4) is 22.8 Å². The topological polar surface area (TPSA) is 89.8 Å². The van der Waals surface area contributed by atoms with Gasteiger partial charge in [0.1, 0.15) is 11.5 Å². The molecule has 2 amide bonds. The van der Waals surface area contributed by atoms with Crippen LogP contribution in [0.3, 0.4) is 0 Å². The number of rotatable bonds is 7. The third kappa shape index (κ3) is 6.11. The lowest BCUT2D eigenvalue weighted by molar-refractivity contribution is 0.262. The van der Waals surface area contributed by atoms with E-state index in [0.717, 1.165) is 11.3 Å². The monoisotopic (exact) mass is 509 g/mol. The second-order valence-electron chi connectivity index (χ2n) is 7.24. The van der Waals surface area contributed by atoms with Crippen LogP contribution in [0.1, 0.15) is 5.56 Å². The van der Waals surface area contributed by atoms with Crippen molar-refractivity contribution >= 4 is 47.1 Å². The molecule has 1 heterocycles. The second-order valence-corrected chi connectivity index (χ2v) is 8.09. The zero-order valence-corrected chi connectivity index (χ0v) is 20.3. The number of methoxy groups -OCH3 is 2. The fraction of sp³-hybridized carbons (Fsp3) is 0.0800. The predicted octanol–water partition coefficient (Wildman–Crippen LogP) is 6.40. The minimum absolute atomic E-state index is 0.206. The van der Waals surface area contributed by atoms with E-state index in [9.17, 15) is 4.79 Å². The summed E-state index contributed by atoms with van der Waals surface area (Å²) in [4.78, 5) is 17.3. The molecule has 0 radical (unpaired) electrons. The van der Waals surface area contributed by atoms with Crippen LogP contribution < -0.4 is 20.1 Å². The first kappa shape index (κ1) is 24.1. The minimum atomic E-state index is -0.494. The van der Waals surface area contributed by atoms with Gasteiger partial charge < -0.3 is 14.8 Å². The number of amides is 2. The number of halogens is 2. The minimum Gasteiger partial charge on any atom is -0.497 e. The zero-order valence-electron chi connectivity index (χ0n) is 18.8. The standard InChI is InChI=1S/C25H21Cl2N5O3/c1-34-20-10-7-16(8-11-20)23-15-32(28-14-17-6-9-18(26)12-22(17)27)24(30-23)31-25(33)29-19-4-3-5-21(13-19)35-2/h3-15H,1-2H3,(H2,29,30,31,33)/b28-14-. The lowest BCUT2D eigenvalue weighted by Crippen LogP contribution is -2.21. The Kier molecular flexibility index (Phi) is 7.54. The molecule has 10 heteroatoms. The molecule has 0 unspecified atom stereocenters. The Hall–Kier alpha value is -4.01. The van der Waals surface area contributed by atoms with E-state index in [-0.39, 0.29) is 5.95 Å². The van der Waals surface area contributed by atoms with Gasteiger partial charge in [-0.15, -0.1) is 0 Å². The number of aromatic nitrogens is 2. The number of anilines is 2. The van der Waals surface area contributed by atoms with Gasteiger partial charge in [-0.25, -0.2) is 14.5 Å². The third-order valence-corrected chi connectivity index (χ3v) is 5.47. The molecule has 0 atom stereocenters. The number of hydrogen-bond donors (Lipinski definition) is 2. The Morgan fingerprint density at radius 3 is 2.46 bits per heavy atom.